The molecule has 2 saturated heterocycles. The van der Waals surface area contributed by atoms with Crippen molar-refractivity contribution in [3.8, 4) is 34.5 Å². The van der Waals surface area contributed by atoms with Crippen LogP contribution in [0, 0.1) is 11.8 Å². The number of carbonyl (C=O) groups is 3. The van der Waals surface area contributed by atoms with Crippen molar-refractivity contribution in [3.63, 3.8) is 0 Å². The number of imidazole rings is 2. The van der Waals surface area contributed by atoms with E-state index in [-0.39, 0.29) is 35.0 Å². The van der Waals surface area contributed by atoms with E-state index in [0.717, 1.165) is 102 Å². The first-order chi connectivity index (χ1) is 37.9. The second kappa shape index (κ2) is 19.2. The summed E-state index contributed by atoms with van der Waals surface area (Å²) in [5, 5.41) is 5.39. The van der Waals surface area contributed by atoms with Crippen LogP contribution in [0.2, 0.25) is 0 Å². The summed E-state index contributed by atoms with van der Waals surface area (Å²) < 4.78 is 27.5. The first kappa shape index (κ1) is 51.1. The molecule has 8 heterocycles. The Hall–Kier alpha value is -7.33. The Labute approximate surface area is 461 Å². The SMILES string of the molecule is CC(C)(C)OC(=O)N[C@@H]1CCCN(C(=O)c2cc3c4c(c2)nc(-c2cc5ccccc5n2CC2CC2)n4C(C)(C)CO3)C1.CC1(C)COc2cc(C(=O)N3CCC[C@@H](N)C3)cc3nc(-c4cc5ccccc5n4CC4CC4)n1c23. The Morgan fingerprint density at radius 3 is 1.58 bits per heavy atom. The summed E-state index contributed by atoms with van der Waals surface area (Å²) in [5.41, 5.74) is 14.3. The second-order valence-corrected chi connectivity index (χ2v) is 25.6. The predicted octanol–water partition coefficient (Wildman–Crippen LogP) is 11.1. The number of amides is 3. The van der Waals surface area contributed by atoms with Crippen LogP contribution in [0.4, 0.5) is 4.79 Å². The van der Waals surface area contributed by atoms with Crippen molar-refractivity contribution >= 4 is 61.8 Å². The number of nitrogens with two attached hydrogens (primary N) is 1. The number of ether oxygens (including phenoxy) is 3. The lowest BCUT2D eigenvalue weighted by atomic mass is 10.0. The summed E-state index contributed by atoms with van der Waals surface area (Å²) in [4.78, 5) is 53.8. The van der Waals surface area contributed by atoms with Crippen LogP contribution in [0.1, 0.15) is 121 Å². The summed E-state index contributed by atoms with van der Waals surface area (Å²) in [6.07, 6.45) is 8.17. The van der Waals surface area contributed by atoms with E-state index in [4.69, 9.17) is 29.9 Å². The molecule has 0 unspecified atom stereocenters. The number of nitrogens with one attached hydrogen (secondary N) is 1. The van der Waals surface area contributed by atoms with E-state index in [1.54, 1.807) is 0 Å². The minimum Gasteiger partial charge on any atom is -0.489 e. The van der Waals surface area contributed by atoms with Crippen LogP contribution in [0.15, 0.2) is 84.9 Å². The number of aromatic nitrogens is 6. The van der Waals surface area contributed by atoms with Gasteiger partial charge in [-0.15, -0.1) is 0 Å². The van der Waals surface area contributed by atoms with Gasteiger partial charge in [0.05, 0.1) is 33.5 Å². The summed E-state index contributed by atoms with van der Waals surface area (Å²) in [7, 11) is 0. The van der Waals surface area contributed by atoms with Gasteiger partial charge in [0.1, 0.15) is 41.3 Å². The first-order valence-corrected chi connectivity index (χ1v) is 28.8. The Bertz CT molecular complexity index is 3730. The van der Waals surface area contributed by atoms with Gasteiger partial charge in [-0.05, 0) is 160 Å². The molecule has 6 aliphatic rings. The number of hydrogen-bond donors (Lipinski definition) is 2. The number of likely N-dealkylation sites (tertiary alicyclic amines) is 2. The number of fused-ring (bicyclic) bond motifs is 2. The summed E-state index contributed by atoms with van der Waals surface area (Å²) in [6, 6.07) is 29.2. The molecule has 4 fully saturated rings. The number of nitrogens with zero attached hydrogens (tertiary/aromatic N) is 8. The van der Waals surface area contributed by atoms with E-state index < -0.39 is 11.7 Å². The van der Waals surface area contributed by atoms with E-state index in [9.17, 15) is 14.4 Å². The highest BCUT2D eigenvalue weighted by molar-refractivity contribution is 6.02. The van der Waals surface area contributed by atoms with Crippen LogP contribution in [0.3, 0.4) is 0 Å². The fourth-order valence-corrected chi connectivity index (χ4v) is 12.6. The van der Waals surface area contributed by atoms with Crippen molar-refractivity contribution in [1.82, 2.24) is 43.4 Å². The number of hydrogen-bond acceptors (Lipinski definition) is 9. The zero-order chi connectivity index (χ0) is 54.7. The van der Waals surface area contributed by atoms with Crippen molar-refractivity contribution in [2.45, 2.75) is 142 Å². The lowest BCUT2D eigenvalue weighted by Gasteiger charge is -2.35. The average molecular weight is 1070 g/mol. The lowest BCUT2D eigenvalue weighted by molar-refractivity contribution is 0.0452. The van der Waals surface area contributed by atoms with Crippen molar-refractivity contribution in [1.29, 1.82) is 0 Å². The summed E-state index contributed by atoms with van der Waals surface area (Å²) >= 11 is 0. The fourth-order valence-electron chi connectivity index (χ4n) is 12.6. The van der Waals surface area contributed by atoms with E-state index in [1.807, 2.05) is 54.8 Å². The molecular weight excluding hydrogens is 993 g/mol. The Morgan fingerprint density at radius 2 is 1.11 bits per heavy atom. The van der Waals surface area contributed by atoms with Gasteiger partial charge in [-0.3, -0.25) is 9.59 Å². The van der Waals surface area contributed by atoms with Crippen LogP contribution >= 0.6 is 0 Å². The molecule has 4 aromatic heterocycles. The molecule has 3 amide bonds. The molecule has 2 saturated carbocycles. The standard InChI is InChI=1S/C34H41N5O4.C29H33N5O2/c1-33(2,3)43-32(41)35-24-10-8-14-37(19-24)31(40)23-15-25-29-28(17-23)42-20-34(4,5)39(29)30(36-25)27-16-22-9-6-7-11-26(22)38(27)18-21-12-13-21;1-29(2)17-36-25-14-20(28(35)32-11-5-7-21(30)16-32)12-22-26(25)34(29)27(31-22)24-13-19-6-3-4-8-23(19)33(24)15-18-9-10-18/h6-7,9,11,15-17,21,24H,8,10,12-14,18-20H2,1-5H3,(H,35,41);3-4,6,8,12-14,18,21H,5,7,9-11,15-17,30H2,1-2H3/t24-;21-/m11/s1. The highest BCUT2D eigenvalue weighted by Gasteiger charge is 2.39. The molecule has 412 valence electrons. The normalized spacial score (nSPS) is 20.5. The number of piperidine rings is 2. The Kier molecular flexibility index (Phi) is 12.4. The third kappa shape index (κ3) is 9.67. The van der Waals surface area contributed by atoms with Crippen LogP contribution < -0.4 is 20.5 Å². The van der Waals surface area contributed by atoms with Gasteiger partial charge in [-0.25, -0.2) is 14.8 Å². The maximum Gasteiger partial charge on any atom is 0.407 e. The number of alkyl carbamates (subject to hydrolysis) is 1. The molecule has 4 aromatic carbocycles. The average Bonchev–Trinajstić information content (AvgIpc) is 4.44. The van der Waals surface area contributed by atoms with Gasteiger partial charge in [0, 0.05) is 84.3 Å². The smallest absolute Gasteiger partial charge is 0.407 e. The lowest BCUT2D eigenvalue weighted by Crippen LogP contribution is -2.50. The minimum atomic E-state index is -0.575. The molecule has 2 aliphatic carbocycles. The topological polar surface area (TPSA) is 169 Å². The molecule has 16 heteroatoms. The predicted molar refractivity (Wildman–Crippen MR) is 308 cm³/mol. The van der Waals surface area contributed by atoms with Gasteiger partial charge in [0.15, 0.2) is 11.6 Å². The molecule has 8 aromatic rings. The number of rotatable bonds is 9. The summed E-state index contributed by atoms with van der Waals surface area (Å²) in [6.45, 7) is 19.7. The minimum absolute atomic E-state index is 0.00989. The zero-order valence-electron chi connectivity index (χ0n) is 46.8. The van der Waals surface area contributed by atoms with E-state index in [2.05, 4.69) is 112 Å². The molecule has 2 atom stereocenters. The Morgan fingerprint density at radius 1 is 0.646 bits per heavy atom. The van der Waals surface area contributed by atoms with Crippen LogP contribution in [-0.4, -0.2) is 113 Å². The van der Waals surface area contributed by atoms with Gasteiger partial charge in [-0.1, -0.05) is 36.4 Å². The van der Waals surface area contributed by atoms with Crippen molar-refractivity contribution in [2.75, 3.05) is 39.4 Å². The van der Waals surface area contributed by atoms with E-state index in [1.165, 1.54) is 47.5 Å². The van der Waals surface area contributed by atoms with Crippen LogP contribution in [-0.2, 0) is 28.9 Å². The van der Waals surface area contributed by atoms with Crippen LogP contribution in [0.25, 0.3) is 66.9 Å². The quantitative estimate of drug-likeness (QED) is 0.143. The van der Waals surface area contributed by atoms with Gasteiger partial charge >= 0.3 is 6.09 Å². The molecule has 0 bridgehead atoms. The first-order valence-electron chi connectivity index (χ1n) is 28.8. The molecule has 14 rings (SSSR count). The van der Waals surface area contributed by atoms with Gasteiger partial charge in [0.2, 0.25) is 0 Å². The molecule has 79 heavy (non-hydrogen) atoms. The van der Waals surface area contributed by atoms with Gasteiger partial charge in [0.25, 0.3) is 11.8 Å². The number of carbonyl (C=O) groups excluding carboxylic acids is 3. The van der Waals surface area contributed by atoms with Crippen LogP contribution in [0.5, 0.6) is 11.5 Å². The monoisotopic (exact) mass is 1070 g/mol. The largest absolute Gasteiger partial charge is 0.489 e. The Balaban J connectivity index is 0.000000152. The molecule has 16 nitrogen and oxygen atoms in total. The number of benzene rings is 4. The fraction of sp³-hybridized carbons (Fsp3) is 0.476. The number of para-hydroxylation sites is 2. The van der Waals surface area contributed by atoms with Crippen molar-refractivity contribution in [3.05, 3.63) is 96.1 Å². The molecule has 0 radical (unpaired) electrons. The van der Waals surface area contributed by atoms with Crippen molar-refractivity contribution < 1.29 is 28.6 Å². The molecule has 0 spiro atoms. The summed E-state index contributed by atoms with van der Waals surface area (Å²) in [5.74, 6) is 4.64. The second-order valence-electron chi connectivity index (χ2n) is 25.6. The zero-order valence-corrected chi connectivity index (χ0v) is 46.8. The van der Waals surface area contributed by atoms with Crippen molar-refractivity contribution in [2.24, 2.45) is 17.6 Å². The highest BCUT2D eigenvalue weighted by Crippen LogP contribution is 2.45. The van der Waals surface area contributed by atoms with E-state index >= 15 is 0 Å². The molecule has 4 aliphatic heterocycles. The molecule has 3 N–H and O–H groups in total. The molecular formula is C63H74N10O6. The maximum absolute atomic E-state index is 13.9. The maximum atomic E-state index is 13.9. The van der Waals surface area contributed by atoms with Gasteiger partial charge < -0.3 is 53.3 Å². The third-order valence-corrected chi connectivity index (χ3v) is 16.8. The van der Waals surface area contributed by atoms with E-state index in [0.29, 0.717) is 55.6 Å². The third-order valence-electron chi connectivity index (χ3n) is 16.8. The highest BCUT2D eigenvalue weighted by atomic mass is 16.6. The van der Waals surface area contributed by atoms with Gasteiger partial charge in [-0.2, -0.15) is 0 Å².